The molecule has 0 saturated carbocycles. The number of aromatic nitrogens is 3. The second-order valence-electron chi connectivity index (χ2n) is 13.2. The van der Waals surface area contributed by atoms with Gasteiger partial charge in [0.25, 0.3) is 0 Å². The van der Waals surface area contributed by atoms with Crippen LogP contribution in [-0.4, -0.2) is 14.1 Å². The summed E-state index contributed by atoms with van der Waals surface area (Å²) >= 11 is 1.80. The van der Waals surface area contributed by atoms with E-state index in [-0.39, 0.29) is 0 Å². The van der Waals surface area contributed by atoms with E-state index in [1.807, 2.05) is 12.3 Å². The summed E-state index contributed by atoms with van der Waals surface area (Å²) in [6, 6.07) is 61.8. The zero-order chi connectivity index (χ0) is 33.5. The van der Waals surface area contributed by atoms with Gasteiger partial charge in [-0.2, -0.15) is 0 Å². The highest BCUT2D eigenvalue weighted by molar-refractivity contribution is 7.25. The Labute approximate surface area is 297 Å². The molecule has 4 heterocycles. The monoisotopic (exact) mass is 667 g/mol. The second-order valence-corrected chi connectivity index (χ2v) is 14.3. The molecule has 4 aromatic heterocycles. The minimum Gasteiger partial charge on any atom is -0.309 e. The molecule has 3 nitrogen and oxygen atoms in total. The number of para-hydroxylation sites is 3. The molecule has 11 aromatic rings. The van der Waals surface area contributed by atoms with Crippen LogP contribution in [0.4, 0.5) is 0 Å². The van der Waals surface area contributed by atoms with Crippen molar-refractivity contribution in [2.75, 3.05) is 0 Å². The van der Waals surface area contributed by atoms with Gasteiger partial charge in [-0.05, 0) is 101 Å². The third-order valence-corrected chi connectivity index (χ3v) is 11.5. The zero-order valence-corrected chi connectivity index (χ0v) is 28.3. The fourth-order valence-electron chi connectivity index (χ4n) is 8.02. The number of hydrogen-bond acceptors (Lipinski definition) is 2. The van der Waals surface area contributed by atoms with E-state index >= 15 is 0 Å². The summed E-state index contributed by atoms with van der Waals surface area (Å²) in [7, 11) is 0. The molecule has 7 aromatic carbocycles. The molecule has 0 fully saturated rings. The minimum absolute atomic E-state index is 1.07. The van der Waals surface area contributed by atoms with Gasteiger partial charge in [0, 0.05) is 49.2 Å². The quantitative estimate of drug-likeness (QED) is 0.183. The summed E-state index contributed by atoms with van der Waals surface area (Å²) in [5.41, 5.74) is 13.1. The summed E-state index contributed by atoms with van der Waals surface area (Å²) in [4.78, 5) is 4.72. The average Bonchev–Trinajstić information content (AvgIpc) is 3.85. The van der Waals surface area contributed by atoms with Crippen molar-refractivity contribution < 1.29 is 0 Å². The van der Waals surface area contributed by atoms with Gasteiger partial charge in [-0.25, -0.2) is 0 Å². The van der Waals surface area contributed by atoms with Crippen LogP contribution in [-0.2, 0) is 0 Å². The maximum atomic E-state index is 4.72. The molecule has 0 atom stereocenters. The molecule has 11 rings (SSSR count). The fourth-order valence-corrected chi connectivity index (χ4v) is 9.06. The molecule has 0 aliphatic rings. The van der Waals surface area contributed by atoms with Crippen LogP contribution in [0, 0.1) is 0 Å². The minimum atomic E-state index is 1.07. The van der Waals surface area contributed by atoms with Crippen molar-refractivity contribution >= 4 is 75.3 Å². The zero-order valence-electron chi connectivity index (χ0n) is 27.5. The summed E-state index contributed by atoms with van der Waals surface area (Å²) in [6.07, 6.45) is 1.89. The van der Waals surface area contributed by atoms with E-state index in [4.69, 9.17) is 4.98 Å². The summed E-state index contributed by atoms with van der Waals surface area (Å²) in [5.74, 6) is 0. The lowest BCUT2D eigenvalue weighted by Gasteiger charge is -2.10. The average molecular weight is 668 g/mol. The molecule has 0 spiro atoms. The van der Waals surface area contributed by atoms with Crippen LogP contribution in [0.1, 0.15) is 0 Å². The second kappa shape index (κ2) is 11.0. The van der Waals surface area contributed by atoms with Crippen LogP contribution < -0.4 is 0 Å². The number of pyridine rings is 1. The number of fused-ring (bicyclic) bond motifs is 9. The van der Waals surface area contributed by atoms with Gasteiger partial charge >= 0.3 is 0 Å². The van der Waals surface area contributed by atoms with Crippen molar-refractivity contribution in [2.24, 2.45) is 0 Å². The van der Waals surface area contributed by atoms with Gasteiger partial charge in [-0.3, -0.25) is 4.98 Å². The highest BCUT2D eigenvalue weighted by atomic mass is 32.1. The van der Waals surface area contributed by atoms with Crippen molar-refractivity contribution in [2.45, 2.75) is 0 Å². The van der Waals surface area contributed by atoms with Crippen LogP contribution in [0.5, 0.6) is 0 Å². The maximum Gasteiger partial charge on any atom is 0.0889 e. The van der Waals surface area contributed by atoms with E-state index in [1.54, 1.807) is 11.3 Å². The van der Waals surface area contributed by atoms with Gasteiger partial charge in [0.05, 0.1) is 32.3 Å². The molecule has 0 radical (unpaired) electrons. The Hall–Kier alpha value is -6.49. The topological polar surface area (TPSA) is 22.8 Å². The van der Waals surface area contributed by atoms with E-state index in [0.29, 0.717) is 0 Å². The predicted molar refractivity (Wildman–Crippen MR) is 217 cm³/mol. The Kier molecular flexibility index (Phi) is 6.12. The molecule has 0 N–H and O–H groups in total. The predicted octanol–water partition coefficient (Wildman–Crippen LogP) is 13.0. The van der Waals surface area contributed by atoms with Crippen LogP contribution >= 0.6 is 11.3 Å². The standard InChI is InChI=1S/C47H29N3S/c1-2-9-34(10-3-1)49-41-13-6-4-11-36(41)38-27-32(20-23-43(38)49)30-16-18-31(19-17-30)33-21-24-44-39(28-33)37-12-5-7-14-42(37)50(44)35-22-25-45-40(29-35)47-46(51-45)15-8-26-48-47/h1-29H. The maximum absolute atomic E-state index is 4.72. The normalized spacial score (nSPS) is 11.9. The van der Waals surface area contributed by atoms with Crippen LogP contribution in [0.15, 0.2) is 176 Å². The molecule has 0 amide bonds. The summed E-state index contributed by atoms with van der Waals surface area (Å²) < 4.78 is 7.25. The summed E-state index contributed by atoms with van der Waals surface area (Å²) in [6.45, 7) is 0. The van der Waals surface area contributed by atoms with Crippen molar-refractivity contribution in [1.82, 2.24) is 14.1 Å². The molecular weight excluding hydrogens is 639 g/mol. The number of thiophene rings is 1. The number of hydrogen-bond donors (Lipinski definition) is 0. The molecule has 0 saturated heterocycles. The number of rotatable bonds is 4. The van der Waals surface area contributed by atoms with E-state index in [1.165, 1.54) is 86.3 Å². The van der Waals surface area contributed by atoms with Crippen LogP contribution in [0.2, 0.25) is 0 Å². The van der Waals surface area contributed by atoms with Crippen molar-refractivity contribution in [3.63, 3.8) is 0 Å². The van der Waals surface area contributed by atoms with Crippen LogP contribution in [0.3, 0.4) is 0 Å². The van der Waals surface area contributed by atoms with E-state index in [0.717, 1.165) is 11.2 Å². The SMILES string of the molecule is c1ccc(-n2c3ccccc3c3cc(-c4ccc(-c5ccc6c(c5)c5ccccc5n6-c5ccc6sc7cccnc7c6c5)cc4)ccc32)cc1. The highest BCUT2D eigenvalue weighted by Crippen LogP contribution is 2.39. The van der Waals surface area contributed by atoms with Crippen molar-refractivity contribution in [3.05, 3.63) is 176 Å². The first-order valence-corrected chi connectivity index (χ1v) is 18.1. The molecule has 0 aliphatic carbocycles. The molecule has 4 heteroatoms. The van der Waals surface area contributed by atoms with E-state index in [2.05, 4.69) is 173 Å². The van der Waals surface area contributed by atoms with Gasteiger partial charge in [0.2, 0.25) is 0 Å². The molecule has 0 unspecified atom stereocenters. The molecule has 0 bridgehead atoms. The van der Waals surface area contributed by atoms with E-state index < -0.39 is 0 Å². The lowest BCUT2D eigenvalue weighted by Crippen LogP contribution is -1.93. The van der Waals surface area contributed by atoms with Gasteiger partial charge < -0.3 is 9.13 Å². The third-order valence-electron chi connectivity index (χ3n) is 10.4. The fraction of sp³-hybridized carbons (Fsp3) is 0. The lowest BCUT2D eigenvalue weighted by atomic mass is 9.98. The van der Waals surface area contributed by atoms with Crippen LogP contribution in [0.25, 0.3) is 97.5 Å². The first-order chi connectivity index (χ1) is 25.3. The first-order valence-electron chi connectivity index (χ1n) is 17.3. The van der Waals surface area contributed by atoms with Crippen molar-refractivity contribution in [1.29, 1.82) is 0 Å². The van der Waals surface area contributed by atoms with Crippen molar-refractivity contribution in [3.8, 4) is 33.6 Å². The smallest absolute Gasteiger partial charge is 0.0889 e. The summed E-state index contributed by atoms with van der Waals surface area (Å²) in [5, 5.41) is 6.24. The highest BCUT2D eigenvalue weighted by Gasteiger charge is 2.16. The number of nitrogens with zero attached hydrogens (tertiary/aromatic N) is 3. The Morgan fingerprint density at radius 3 is 1.55 bits per heavy atom. The lowest BCUT2D eigenvalue weighted by molar-refractivity contribution is 1.18. The van der Waals surface area contributed by atoms with Gasteiger partial charge in [-0.15, -0.1) is 11.3 Å². The van der Waals surface area contributed by atoms with Gasteiger partial charge in [0.15, 0.2) is 0 Å². The number of benzene rings is 7. The Morgan fingerprint density at radius 1 is 0.353 bits per heavy atom. The molecule has 51 heavy (non-hydrogen) atoms. The Balaban J connectivity index is 0.995. The first kappa shape index (κ1) is 28.4. The molecule has 238 valence electrons. The largest absolute Gasteiger partial charge is 0.309 e. The van der Waals surface area contributed by atoms with E-state index in [9.17, 15) is 0 Å². The Morgan fingerprint density at radius 2 is 0.902 bits per heavy atom. The Bertz CT molecular complexity index is 3130. The molecule has 0 aliphatic heterocycles. The third kappa shape index (κ3) is 4.33. The van der Waals surface area contributed by atoms with Gasteiger partial charge in [-0.1, -0.05) is 91.0 Å². The van der Waals surface area contributed by atoms with Gasteiger partial charge in [0.1, 0.15) is 0 Å². The molecular formula is C47H29N3S.